The summed E-state index contributed by atoms with van der Waals surface area (Å²) in [5, 5.41) is 1.89. The normalized spacial score (nSPS) is 9.95. The first kappa shape index (κ1) is 13.3. The number of hydrazine groups is 1. The molecular weight excluding hydrogens is 260 g/mol. The molecule has 0 saturated carbocycles. The maximum Gasteiger partial charge on any atom is 0.279 e. The second-order valence-electron chi connectivity index (χ2n) is 4.15. The van der Waals surface area contributed by atoms with Crippen molar-refractivity contribution < 1.29 is 9.59 Å². The molecule has 0 unspecified atom stereocenters. The van der Waals surface area contributed by atoms with E-state index in [1.54, 1.807) is 6.07 Å². The van der Waals surface area contributed by atoms with Crippen LogP contribution in [0.1, 0.15) is 20.8 Å². The van der Waals surface area contributed by atoms with Gasteiger partial charge in [-0.05, 0) is 29.5 Å². The lowest BCUT2D eigenvalue weighted by Crippen LogP contribution is -2.42. The van der Waals surface area contributed by atoms with Crippen molar-refractivity contribution in [2.24, 2.45) is 0 Å². The zero-order valence-electron chi connectivity index (χ0n) is 10.5. The van der Waals surface area contributed by atoms with Crippen molar-refractivity contribution in [1.82, 2.24) is 10.9 Å². The fraction of sp³-hybridized carbons (Fsp3) is 0.143. The fourth-order valence-corrected chi connectivity index (χ4v) is 2.36. The van der Waals surface area contributed by atoms with E-state index in [2.05, 4.69) is 10.9 Å². The fourth-order valence-electron chi connectivity index (χ4n) is 1.56. The molecule has 0 saturated heterocycles. The van der Waals surface area contributed by atoms with Gasteiger partial charge in [-0.15, -0.1) is 11.3 Å². The minimum Gasteiger partial charge on any atom is -0.273 e. The van der Waals surface area contributed by atoms with Crippen molar-refractivity contribution in [1.29, 1.82) is 0 Å². The predicted molar refractivity (Wildman–Crippen MR) is 74.8 cm³/mol. The van der Waals surface area contributed by atoms with Gasteiger partial charge in [0.15, 0.2) is 0 Å². The molecule has 19 heavy (non-hydrogen) atoms. The van der Waals surface area contributed by atoms with Crippen molar-refractivity contribution in [3.05, 3.63) is 57.8 Å². The molecule has 0 aliphatic heterocycles. The molecule has 98 valence electrons. The number of rotatable bonds is 3. The average Bonchev–Trinajstić information content (AvgIpc) is 2.84. The Hall–Kier alpha value is -2.14. The van der Waals surface area contributed by atoms with Crippen LogP contribution in [0, 0.1) is 6.92 Å². The van der Waals surface area contributed by atoms with Crippen molar-refractivity contribution in [2.75, 3.05) is 0 Å². The van der Waals surface area contributed by atoms with Gasteiger partial charge in [0.2, 0.25) is 5.91 Å². The summed E-state index contributed by atoms with van der Waals surface area (Å²) < 4.78 is 0. The van der Waals surface area contributed by atoms with Crippen LogP contribution in [0.4, 0.5) is 0 Å². The van der Waals surface area contributed by atoms with E-state index in [1.165, 1.54) is 11.3 Å². The molecule has 1 heterocycles. The van der Waals surface area contributed by atoms with E-state index < -0.39 is 0 Å². The van der Waals surface area contributed by atoms with Gasteiger partial charge < -0.3 is 0 Å². The summed E-state index contributed by atoms with van der Waals surface area (Å²) in [4.78, 5) is 23.9. The second kappa shape index (κ2) is 6.15. The van der Waals surface area contributed by atoms with Crippen LogP contribution in [0.25, 0.3) is 0 Å². The molecule has 4 nitrogen and oxygen atoms in total. The highest BCUT2D eigenvalue weighted by Gasteiger charge is 2.09. The Labute approximate surface area is 115 Å². The molecule has 0 spiro atoms. The van der Waals surface area contributed by atoms with E-state index in [-0.39, 0.29) is 18.2 Å². The maximum atomic E-state index is 11.7. The van der Waals surface area contributed by atoms with Crippen LogP contribution in [0.5, 0.6) is 0 Å². The predicted octanol–water partition coefficient (Wildman–Crippen LogP) is 2.06. The van der Waals surface area contributed by atoms with E-state index in [0.29, 0.717) is 4.88 Å². The van der Waals surface area contributed by atoms with Gasteiger partial charge in [-0.1, -0.05) is 30.3 Å². The number of aryl methyl sites for hydroxylation is 1. The Morgan fingerprint density at radius 1 is 1.16 bits per heavy atom. The highest BCUT2D eigenvalue weighted by Crippen LogP contribution is 2.12. The van der Waals surface area contributed by atoms with Gasteiger partial charge in [-0.25, -0.2) is 0 Å². The first-order valence-electron chi connectivity index (χ1n) is 5.83. The number of benzene rings is 1. The number of thiophene rings is 1. The lowest BCUT2D eigenvalue weighted by atomic mass is 10.1. The maximum absolute atomic E-state index is 11.7. The van der Waals surface area contributed by atoms with Gasteiger partial charge in [0, 0.05) is 0 Å². The van der Waals surface area contributed by atoms with E-state index in [1.807, 2.05) is 42.6 Å². The first-order valence-corrected chi connectivity index (χ1v) is 6.71. The van der Waals surface area contributed by atoms with Crippen molar-refractivity contribution in [3.8, 4) is 0 Å². The van der Waals surface area contributed by atoms with Crippen LogP contribution >= 0.6 is 11.3 Å². The number of amides is 2. The summed E-state index contributed by atoms with van der Waals surface area (Å²) in [6.45, 7) is 1.92. The summed E-state index contributed by atoms with van der Waals surface area (Å²) in [6.07, 6.45) is 0.241. The van der Waals surface area contributed by atoms with Crippen molar-refractivity contribution >= 4 is 23.2 Å². The number of carbonyl (C=O) groups is 2. The molecule has 2 N–H and O–H groups in total. The molecular formula is C14H14N2O2S. The van der Waals surface area contributed by atoms with Gasteiger partial charge in [-0.3, -0.25) is 20.4 Å². The highest BCUT2D eigenvalue weighted by molar-refractivity contribution is 7.12. The van der Waals surface area contributed by atoms with Gasteiger partial charge >= 0.3 is 0 Å². The Bertz CT molecular complexity index is 578. The number of carbonyl (C=O) groups excluding carboxylic acids is 2. The summed E-state index contributed by atoms with van der Waals surface area (Å²) >= 11 is 1.35. The van der Waals surface area contributed by atoms with E-state index >= 15 is 0 Å². The monoisotopic (exact) mass is 274 g/mol. The molecule has 0 atom stereocenters. The zero-order chi connectivity index (χ0) is 13.7. The molecule has 2 rings (SSSR count). The average molecular weight is 274 g/mol. The number of nitrogens with one attached hydrogen (secondary N) is 2. The highest BCUT2D eigenvalue weighted by atomic mass is 32.1. The standard InChI is InChI=1S/C14H14N2O2S/c1-10-7-12(19-9-10)14(18)16-15-13(17)8-11-5-3-2-4-6-11/h2-7,9H,8H2,1H3,(H,15,17)(H,16,18). The summed E-state index contributed by atoms with van der Waals surface area (Å²) in [5.41, 5.74) is 6.75. The van der Waals surface area contributed by atoms with E-state index in [0.717, 1.165) is 11.1 Å². The summed E-state index contributed by atoms with van der Waals surface area (Å²) in [6, 6.07) is 11.1. The molecule has 5 heteroatoms. The number of hydrogen-bond donors (Lipinski definition) is 2. The first-order chi connectivity index (χ1) is 9.15. The third kappa shape index (κ3) is 3.93. The Kier molecular flexibility index (Phi) is 4.30. The van der Waals surface area contributed by atoms with Crippen molar-refractivity contribution in [2.45, 2.75) is 13.3 Å². The van der Waals surface area contributed by atoms with Crippen LogP contribution in [-0.4, -0.2) is 11.8 Å². The lowest BCUT2D eigenvalue weighted by Gasteiger charge is -2.06. The SMILES string of the molecule is Cc1csc(C(=O)NNC(=O)Cc2ccccc2)c1. The van der Waals surface area contributed by atoms with Gasteiger partial charge in [0.25, 0.3) is 5.91 Å². The molecule has 0 aliphatic carbocycles. The third-order valence-corrected chi connectivity index (χ3v) is 3.52. The molecule has 1 aromatic heterocycles. The topological polar surface area (TPSA) is 58.2 Å². The van der Waals surface area contributed by atoms with Crippen LogP contribution in [0.15, 0.2) is 41.8 Å². The molecule has 2 amide bonds. The van der Waals surface area contributed by atoms with Gasteiger partial charge in [0.1, 0.15) is 0 Å². The summed E-state index contributed by atoms with van der Waals surface area (Å²) in [7, 11) is 0. The molecule has 0 fully saturated rings. The van der Waals surface area contributed by atoms with Crippen LogP contribution < -0.4 is 10.9 Å². The van der Waals surface area contributed by atoms with Crippen LogP contribution in [0.3, 0.4) is 0 Å². The molecule has 1 aromatic carbocycles. The largest absolute Gasteiger partial charge is 0.279 e. The van der Waals surface area contributed by atoms with Gasteiger partial charge in [-0.2, -0.15) is 0 Å². The molecule has 2 aromatic rings. The smallest absolute Gasteiger partial charge is 0.273 e. The third-order valence-electron chi connectivity index (χ3n) is 2.48. The van der Waals surface area contributed by atoms with Crippen LogP contribution in [-0.2, 0) is 11.2 Å². The summed E-state index contributed by atoms with van der Waals surface area (Å²) in [5.74, 6) is -0.535. The zero-order valence-corrected chi connectivity index (χ0v) is 11.3. The van der Waals surface area contributed by atoms with E-state index in [4.69, 9.17) is 0 Å². The molecule has 0 bridgehead atoms. The Morgan fingerprint density at radius 2 is 1.89 bits per heavy atom. The number of hydrogen-bond acceptors (Lipinski definition) is 3. The minimum absolute atomic E-state index is 0.241. The molecule has 0 aliphatic rings. The lowest BCUT2D eigenvalue weighted by molar-refractivity contribution is -0.121. The Morgan fingerprint density at radius 3 is 2.53 bits per heavy atom. The van der Waals surface area contributed by atoms with Crippen molar-refractivity contribution in [3.63, 3.8) is 0 Å². The molecule has 0 radical (unpaired) electrons. The second-order valence-corrected chi connectivity index (χ2v) is 5.06. The Balaban J connectivity index is 1.82. The minimum atomic E-state index is -0.292. The quantitative estimate of drug-likeness (QED) is 0.842. The van der Waals surface area contributed by atoms with E-state index in [9.17, 15) is 9.59 Å². The van der Waals surface area contributed by atoms with Gasteiger partial charge in [0.05, 0.1) is 11.3 Å². The van der Waals surface area contributed by atoms with Crippen LogP contribution in [0.2, 0.25) is 0 Å².